The van der Waals surface area contributed by atoms with E-state index in [1.807, 2.05) is 24.3 Å². The Morgan fingerprint density at radius 1 is 0.542 bits per heavy atom. The number of carbonyl (C=O) groups excluding carboxylic acids is 4. The molecule has 0 aliphatic carbocycles. The van der Waals surface area contributed by atoms with Crippen molar-refractivity contribution < 1.29 is 28.7 Å². The highest BCUT2D eigenvalue weighted by Crippen LogP contribution is 2.40. The van der Waals surface area contributed by atoms with Crippen LogP contribution in [0.3, 0.4) is 0 Å². The minimum absolute atomic E-state index is 0.112. The fourth-order valence-corrected chi connectivity index (χ4v) is 6.28. The third-order valence-electron chi connectivity index (χ3n) is 8.69. The Balaban J connectivity index is 1.25. The van der Waals surface area contributed by atoms with Crippen LogP contribution in [0, 0.1) is 5.92 Å². The maximum atomic E-state index is 12.3. The average Bonchev–Trinajstić information content (AvgIpc) is 3.62. The van der Waals surface area contributed by atoms with Gasteiger partial charge in [-0.25, -0.2) is 9.80 Å². The molecule has 0 radical (unpaired) electrons. The molecule has 1 unspecified atom stereocenters. The molecule has 0 N–H and O–H groups in total. The minimum atomic E-state index is -0.401. The number of ether oxygens (including phenoxy) is 2. The standard InChI is InChI=1S/C40H36N2O6/c1-3-5-10-27(4-2)40(28-15-19-30(20-16-28)47-34-13-8-6-11-32(34)41-36(43)23-24-37(41)44)29-17-21-31(22-18-29)48-35-14-9-7-12-33(35)42-38(45)25-26-39(42)46/h6-9,11-27,40H,3-5,10H2,1-2H3. The zero-order valence-electron chi connectivity index (χ0n) is 26.9. The molecule has 4 amide bonds. The average molecular weight is 641 g/mol. The quantitative estimate of drug-likeness (QED) is 0.136. The number of unbranched alkanes of at least 4 members (excludes halogenated alkanes) is 1. The molecule has 6 rings (SSSR count). The van der Waals surface area contributed by atoms with E-state index in [2.05, 4.69) is 38.1 Å². The Bertz CT molecular complexity index is 1730. The summed E-state index contributed by atoms with van der Waals surface area (Å²) < 4.78 is 12.4. The molecule has 1 atom stereocenters. The van der Waals surface area contributed by atoms with E-state index in [4.69, 9.17) is 9.47 Å². The number of anilines is 2. The molecule has 242 valence electrons. The summed E-state index contributed by atoms with van der Waals surface area (Å²) in [5, 5.41) is 0. The number of imide groups is 2. The van der Waals surface area contributed by atoms with Gasteiger partial charge in [0.15, 0.2) is 11.5 Å². The maximum Gasteiger partial charge on any atom is 0.258 e. The van der Waals surface area contributed by atoms with E-state index >= 15 is 0 Å². The summed E-state index contributed by atoms with van der Waals surface area (Å²) in [4.78, 5) is 51.6. The summed E-state index contributed by atoms with van der Waals surface area (Å²) in [6, 6.07) is 30.0. The predicted octanol–water partition coefficient (Wildman–Crippen LogP) is 8.48. The number of rotatable bonds is 13. The van der Waals surface area contributed by atoms with E-state index in [-0.39, 0.29) is 5.92 Å². The Kier molecular flexibility index (Phi) is 9.62. The normalized spacial score (nSPS) is 14.8. The molecule has 48 heavy (non-hydrogen) atoms. The highest BCUT2D eigenvalue weighted by Gasteiger charge is 2.29. The molecule has 2 aliphatic heterocycles. The molecule has 8 heteroatoms. The summed E-state index contributed by atoms with van der Waals surface area (Å²) in [6.07, 6.45) is 9.32. The number of carbonyl (C=O) groups is 4. The lowest BCUT2D eigenvalue weighted by Crippen LogP contribution is -2.29. The van der Waals surface area contributed by atoms with Gasteiger partial charge in [-0.05, 0) is 72.0 Å². The molecule has 0 saturated heterocycles. The van der Waals surface area contributed by atoms with Gasteiger partial charge in [0, 0.05) is 30.2 Å². The molecule has 0 saturated carbocycles. The number of amides is 4. The Morgan fingerprint density at radius 2 is 0.938 bits per heavy atom. The van der Waals surface area contributed by atoms with Crippen molar-refractivity contribution in [3.63, 3.8) is 0 Å². The van der Waals surface area contributed by atoms with Crippen molar-refractivity contribution in [2.75, 3.05) is 9.80 Å². The van der Waals surface area contributed by atoms with Gasteiger partial charge in [0.25, 0.3) is 23.6 Å². The van der Waals surface area contributed by atoms with E-state index in [9.17, 15) is 19.2 Å². The smallest absolute Gasteiger partial charge is 0.258 e. The first-order valence-corrected chi connectivity index (χ1v) is 16.2. The van der Waals surface area contributed by atoms with Crippen LogP contribution in [0.4, 0.5) is 11.4 Å². The molecule has 2 aliphatic rings. The minimum Gasteiger partial charge on any atom is -0.455 e. The van der Waals surface area contributed by atoms with Crippen LogP contribution >= 0.6 is 0 Å². The molecule has 0 fully saturated rings. The molecule has 0 spiro atoms. The first-order valence-electron chi connectivity index (χ1n) is 16.2. The van der Waals surface area contributed by atoms with Crippen LogP contribution < -0.4 is 19.3 Å². The lowest BCUT2D eigenvalue weighted by molar-refractivity contribution is -0.121. The zero-order valence-corrected chi connectivity index (χ0v) is 26.9. The molecule has 4 aromatic carbocycles. The van der Waals surface area contributed by atoms with Crippen LogP contribution in [0.1, 0.15) is 56.6 Å². The van der Waals surface area contributed by atoms with Gasteiger partial charge in [-0.1, -0.05) is 81.6 Å². The van der Waals surface area contributed by atoms with Crippen molar-refractivity contribution in [1.29, 1.82) is 0 Å². The second kappa shape index (κ2) is 14.3. The van der Waals surface area contributed by atoms with Crippen molar-refractivity contribution in [2.24, 2.45) is 5.92 Å². The van der Waals surface area contributed by atoms with Crippen LogP contribution in [-0.2, 0) is 19.2 Å². The highest BCUT2D eigenvalue weighted by molar-refractivity contribution is 6.29. The second-order valence-electron chi connectivity index (χ2n) is 11.8. The lowest BCUT2D eigenvalue weighted by Gasteiger charge is -2.28. The van der Waals surface area contributed by atoms with Crippen LogP contribution in [0.15, 0.2) is 121 Å². The SMILES string of the molecule is CCCCC(CC)C(c1ccc(Oc2ccccc2N2C(=O)C=CC2=O)cc1)c1ccc(Oc2ccccc2N2C(=O)C=CC2=O)cc1. The van der Waals surface area contributed by atoms with Gasteiger partial charge < -0.3 is 9.47 Å². The van der Waals surface area contributed by atoms with Gasteiger partial charge in [0.1, 0.15) is 11.5 Å². The highest BCUT2D eigenvalue weighted by atomic mass is 16.5. The third kappa shape index (κ3) is 6.69. The number of hydrogen-bond acceptors (Lipinski definition) is 6. The van der Waals surface area contributed by atoms with Crippen LogP contribution in [0.5, 0.6) is 23.0 Å². The van der Waals surface area contributed by atoms with Crippen molar-refractivity contribution >= 4 is 35.0 Å². The fraction of sp³-hybridized carbons (Fsp3) is 0.200. The Hall–Kier alpha value is -5.76. The first kappa shape index (κ1) is 32.2. The van der Waals surface area contributed by atoms with E-state index in [1.165, 1.54) is 24.3 Å². The summed E-state index contributed by atoms with van der Waals surface area (Å²) in [6.45, 7) is 4.43. The molecular formula is C40H36N2O6. The van der Waals surface area contributed by atoms with Crippen LogP contribution in [0.2, 0.25) is 0 Å². The largest absolute Gasteiger partial charge is 0.455 e. The molecule has 4 aromatic rings. The Morgan fingerprint density at radius 3 is 1.31 bits per heavy atom. The summed E-state index contributed by atoms with van der Waals surface area (Å²) >= 11 is 0. The molecule has 2 heterocycles. The van der Waals surface area contributed by atoms with Crippen LogP contribution in [-0.4, -0.2) is 23.6 Å². The number of benzene rings is 4. The second-order valence-corrected chi connectivity index (χ2v) is 11.8. The van der Waals surface area contributed by atoms with E-state index in [0.717, 1.165) is 46.6 Å². The number of para-hydroxylation sites is 4. The Labute approximate surface area is 279 Å². The number of nitrogens with zero attached hydrogens (tertiary/aromatic N) is 2. The fourth-order valence-electron chi connectivity index (χ4n) is 6.28. The van der Waals surface area contributed by atoms with Gasteiger partial charge in [0.2, 0.25) is 0 Å². The molecule has 0 aromatic heterocycles. The van der Waals surface area contributed by atoms with Crippen molar-refractivity contribution in [3.8, 4) is 23.0 Å². The van der Waals surface area contributed by atoms with Crippen LogP contribution in [0.25, 0.3) is 0 Å². The van der Waals surface area contributed by atoms with Gasteiger partial charge in [0.05, 0.1) is 11.4 Å². The van der Waals surface area contributed by atoms with Crippen molar-refractivity contribution in [3.05, 3.63) is 132 Å². The third-order valence-corrected chi connectivity index (χ3v) is 8.69. The molecule has 8 nitrogen and oxygen atoms in total. The van der Waals surface area contributed by atoms with Gasteiger partial charge in [-0.15, -0.1) is 0 Å². The van der Waals surface area contributed by atoms with Crippen molar-refractivity contribution in [1.82, 2.24) is 0 Å². The summed E-state index contributed by atoms with van der Waals surface area (Å²) in [5.41, 5.74) is 3.08. The first-order chi connectivity index (χ1) is 23.4. The topological polar surface area (TPSA) is 93.2 Å². The summed E-state index contributed by atoms with van der Waals surface area (Å²) in [7, 11) is 0. The van der Waals surface area contributed by atoms with Gasteiger partial charge >= 0.3 is 0 Å². The monoisotopic (exact) mass is 640 g/mol. The summed E-state index contributed by atoms with van der Waals surface area (Å²) in [5.74, 6) is 0.899. The van der Waals surface area contributed by atoms with E-state index in [0.29, 0.717) is 40.3 Å². The number of hydrogen-bond donors (Lipinski definition) is 0. The van der Waals surface area contributed by atoms with Crippen molar-refractivity contribution in [2.45, 2.75) is 45.4 Å². The lowest BCUT2D eigenvalue weighted by atomic mass is 9.77. The molecular weight excluding hydrogens is 604 g/mol. The van der Waals surface area contributed by atoms with E-state index < -0.39 is 23.6 Å². The van der Waals surface area contributed by atoms with E-state index in [1.54, 1.807) is 48.5 Å². The maximum absolute atomic E-state index is 12.3. The van der Waals surface area contributed by atoms with Gasteiger partial charge in [-0.2, -0.15) is 0 Å². The molecule has 0 bridgehead atoms. The predicted molar refractivity (Wildman–Crippen MR) is 184 cm³/mol. The zero-order chi connectivity index (χ0) is 33.6. The van der Waals surface area contributed by atoms with Gasteiger partial charge in [-0.3, -0.25) is 19.2 Å².